The lowest BCUT2D eigenvalue weighted by Crippen LogP contribution is -2.43. The fourth-order valence-electron chi connectivity index (χ4n) is 8.70. The number of hydrogen-bond acceptors (Lipinski definition) is 3. The first kappa shape index (κ1) is 31.2. The van der Waals surface area contributed by atoms with Crippen LogP contribution in [0.5, 0.6) is 11.5 Å². The molecule has 2 heterocycles. The molecule has 10 rings (SSSR count). The van der Waals surface area contributed by atoms with Crippen molar-refractivity contribution in [1.29, 1.82) is 0 Å². The first-order valence-corrected chi connectivity index (χ1v) is 18.2. The smallest absolute Gasteiger partial charge is 0.160 e. The van der Waals surface area contributed by atoms with E-state index in [2.05, 4.69) is 159 Å². The number of hydrogen-bond donors (Lipinski definition) is 0. The van der Waals surface area contributed by atoms with E-state index in [1.807, 2.05) is 36.4 Å². The lowest BCUT2D eigenvalue weighted by atomic mass is 9.53. The summed E-state index contributed by atoms with van der Waals surface area (Å²) in [6, 6.07) is 64.7. The van der Waals surface area contributed by atoms with Gasteiger partial charge in [0.15, 0.2) is 5.82 Å². The fraction of sp³-hybridized carbons (Fsp3) is 0.0800. The zero-order valence-corrected chi connectivity index (χ0v) is 29.6. The molecule has 252 valence electrons. The van der Waals surface area contributed by atoms with Crippen molar-refractivity contribution in [2.45, 2.75) is 24.7 Å². The van der Waals surface area contributed by atoms with Crippen LogP contribution >= 0.6 is 0 Å². The van der Waals surface area contributed by atoms with Gasteiger partial charge in [-0.15, -0.1) is 0 Å². The van der Waals surface area contributed by atoms with Crippen molar-refractivity contribution in [2.75, 3.05) is 0 Å². The average molecular weight is 681 g/mol. The molecule has 0 fully saturated rings. The number of ether oxygens (including phenoxy) is 1. The first-order chi connectivity index (χ1) is 26.0. The molecule has 1 spiro atoms. The maximum atomic E-state index is 6.62. The average Bonchev–Trinajstić information content (AvgIpc) is 3.23. The van der Waals surface area contributed by atoms with E-state index in [4.69, 9.17) is 14.7 Å². The zero-order chi connectivity index (χ0) is 35.6. The van der Waals surface area contributed by atoms with E-state index in [0.717, 1.165) is 45.1 Å². The molecule has 2 aliphatic rings. The van der Waals surface area contributed by atoms with E-state index in [-0.39, 0.29) is 5.41 Å². The highest BCUT2D eigenvalue weighted by Gasteiger charge is 2.52. The molecule has 53 heavy (non-hydrogen) atoms. The summed E-state index contributed by atoms with van der Waals surface area (Å²) in [7, 11) is 0. The van der Waals surface area contributed by atoms with Crippen LogP contribution in [0.2, 0.25) is 0 Å². The second kappa shape index (κ2) is 12.0. The Balaban J connectivity index is 1.14. The van der Waals surface area contributed by atoms with Crippen LogP contribution in [-0.4, -0.2) is 9.97 Å². The lowest BCUT2D eigenvalue weighted by molar-refractivity contribution is 0.425. The van der Waals surface area contributed by atoms with Gasteiger partial charge in [0.05, 0.1) is 16.8 Å². The highest BCUT2D eigenvalue weighted by molar-refractivity contribution is 5.79. The van der Waals surface area contributed by atoms with Crippen LogP contribution in [0.15, 0.2) is 182 Å². The van der Waals surface area contributed by atoms with E-state index in [1.165, 1.54) is 38.9 Å². The van der Waals surface area contributed by atoms with Gasteiger partial charge in [-0.2, -0.15) is 0 Å². The molecule has 8 aromatic rings. The zero-order valence-electron chi connectivity index (χ0n) is 29.6. The normalized spacial score (nSPS) is 14.3. The summed E-state index contributed by atoms with van der Waals surface area (Å²) in [4.78, 5) is 10.1. The quantitative estimate of drug-likeness (QED) is 0.186. The molecule has 0 atom stereocenters. The van der Waals surface area contributed by atoms with E-state index >= 15 is 0 Å². The van der Waals surface area contributed by atoms with Crippen LogP contribution in [0.3, 0.4) is 0 Å². The molecule has 0 unspecified atom stereocenters. The van der Waals surface area contributed by atoms with Gasteiger partial charge in [-0.25, -0.2) is 9.97 Å². The molecule has 0 radical (unpaired) electrons. The van der Waals surface area contributed by atoms with Crippen LogP contribution in [0.25, 0.3) is 45.0 Å². The number of benzene rings is 7. The number of para-hydroxylation sites is 2. The molecule has 0 saturated carbocycles. The predicted molar refractivity (Wildman–Crippen MR) is 214 cm³/mol. The summed E-state index contributed by atoms with van der Waals surface area (Å²) in [6.07, 6.45) is 0. The van der Waals surface area contributed by atoms with Gasteiger partial charge in [0.1, 0.15) is 11.5 Å². The SMILES string of the molecule is CC1(C)c2ccccc2C2(c3ccccc3Oc3ccccc32)c2cc(-c3ccc(-c4cc(-c5ccccc5)nc(-c5ccccc5)n4)cc3)ccc21. The second-order valence-electron chi connectivity index (χ2n) is 14.5. The molecule has 1 aromatic heterocycles. The largest absolute Gasteiger partial charge is 0.457 e. The standard InChI is InChI=1S/C50H36N2O/c1-49(2)38-19-9-10-20-40(38)50(41-21-11-13-23-46(41)53-47-24-14-12-22-42(47)50)43-31-37(29-30-39(43)49)33-25-27-35(28-26-33)45-32-44(34-15-5-3-6-16-34)51-48(52-45)36-17-7-4-8-18-36/h3-32H,1-2H3. The van der Waals surface area contributed by atoms with E-state index in [1.54, 1.807) is 0 Å². The van der Waals surface area contributed by atoms with Crippen molar-refractivity contribution in [3.05, 3.63) is 215 Å². The topological polar surface area (TPSA) is 35.0 Å². The van der Waals surface area contributed by atoms with Gasteiger partial charge in [0.2, 0.25) is 0 Å². The van der Waals surface area contributed by atoms with E-state index in [9.17, 15) is 0 Å². The Morgan fingerprint density at radius 1 is 0.358 bits per heavy atom. The third-order valence-electron chi connectivity index (χ3n) is 11.2. The summed E-state index contributed by atoms with van der Waals surface area (Å²) in [5, 5.41) is 0. The molecule has 0 amide bonds. The summed E-state index contributed by atoms with van der Waals surface area (Å²) in [6.45, 7) is 4.72. The Kier molecular flexibility index (Phi) is 7.06. The Hall–Kier alpha value is -6.58. The van der Waals surface area contributed by atoms with Crippen LogP contribution < -0.4 is 4.74 Å². The summed E-state index contributed by atoms with van der Waals surface area (Å²) in [5.41, 5.74) is 14.1. The van der Waals surface area contributed by atoms with E-state index in [0.29, 0.717) is 5.82 Å². The van der Waals surface area contributed by atoms with Crippen molar-refractivity contribution < 1.29 is 4.74 Å². The predicted octanol–water partition coefficient (Wildman–Crippen LogP) is 12.3. The Bertz CT molecular complexity index is 2560. The Labute approximate surface area is 310 Å². The van der Waals surface area contributed by atoms with Crippen molar-refractivity contribution in [1.82, 2.24) is 9.97 Å². The summed E-state index contributed by atoms with van der Waals surface area (Å²) < 4.78 is 6.62. The number of aromatic nitrogens is 2. The maximum absolute atomic E-state index is 6.62. The summed E-state index contributed by atoms with van der Waals surface area (Å²) in [5.74, 6) is 2.51. The van der Waals surface area contributed by atoms with Crippen molar-refractivity contribution in [3.8, 4) is 56.5 Å². The summed E-state index contributed by atoms with van der Waals surface area (Å²) >= 11 is 0. The molecule has 0 N–H and O–H groups in total. The van der Waals surface area contributed by atoms with Crippen LogP contribution in [-0.2, 0) is 10.8 Å². The minimum absolute atomic E-state index is 0.207. The first-order valence-electron chi connectivity index (χ1n) is 18.2. The number of nitrogens with zero attached hydrogens (tertiary/aromatic N) is 2. The van der Waals surface area contributed by atoms with Gasteiger partial charge < -0.3 is 4.74 Å². The molecular weight excluding hydrogens is 645 g/mol. The van der Waals surface area contributed by atoms with Gasteiger partial charge in [-0.05, 0) is 57.6 Å². The Morgan fingerprint density at radius 2 is 0.811 bits per heavy atom. The highest BCUT2D eigenvalue weighted by Crippen LogP contribution is 2.61. The third-order valence-corrected chi connectivity index (χ3v) is 11.2. The minimum atomic E-state index is -0.550. The van der Waals surface area contributed by atoms with Crippen LogP contribution in [0.4, 0.5) is 0 Å². The van der Waals surface area contributed by atoms with Crippen LogP contribution in [0, 0.1) is 0 Å². The van der Waals surface area contributed by atoms with Crippen LogP contribution in [0.1, 0.15) is 47.2 Å². The molecule has 1 aliphatic heterocycles. The molecule has 1 aliphatic carbocycles. The van der Waals surface area contributed by atoms with Gasteiger partial charge >= 0.3 is 0 Å². The van der Waals surface area contributed by atoms with Gasteiger partial charge in [-0.3, -0.25) is 0 Å². The molecule has 3 nitrogen and oxygen atoms in total. The van der Waals surface area contributed by atoms with Crippen molar-refractivity contribution in [2.24, 2.45) is 0 Å². The van der Waals surface area contributed by atoms with E-state index < -0.39 is 5.41 Å². The molecule has 0 saturated heterocycles. The molecule has 0 bridgehead atoms. The highest BCUT2D eigenvalue weighted by atomic mass is 16.5. The number of fused-ring (bicyclic) bond motifs is 8. The third kappa shape index (κ3) is 4.81. The van der Waals surface area contributed by atoms with Gasteiger partial charge in [-0.1, -0.05) is 172 Å². The van der Waals surface area contributed by atoms with Crippen molar-refractivity contribution >= 4 is 0 Å². The Morgan fingerprint density at radius 3 is 1.43 bits per heavy atom. The molecular formula is C50H36N2O. The minimum Gasteiger partial charge on any atom is -0.457 e. The second-order valence-corrected chi connectivity index (χ2v) is 14.5. The van der Waals surface area contributed by atoms with Crippen molar-refractivity contribution in [3.63, 3.8) is 0 Å². The van der Waals surface area contributed by atoms with Gasteiger partial charge in [0.25, 0.3) is 0 Å². The fourth-order valence-corrected chi connectivity index (χ4v) is 8.70. The lowest BCUT2D eigenvalue weighted by Gasteiger charge is -2.50. The van der Waals surface area contributed by atoms with Gasteiger partial charge in [0, 0.05) is 33.2 Å². The molecule has 7 aromatic carbocycles. The molecule has 3 heteroatoms. The monoisotopic (exact) mass is 680 g/mol. The maximum Gasteiger partial charge on any atom is 0.160 e. The number of rotatable bonds is 4.